The number of piperazine rings is 1. The van der Waals surface area contributed by atoms with Gasteiger partial charge in [-0.2, -0.15) is 0 Å². The number of methoxy groups -OCH3 is 1. The zero-order valence-electron chi connectivity index (χ0n) is 37.4. The molecule has 1 aliphatic carbocycles. The summed E-state index contributed by atoms with van der Waals surface area (Å²) in [6.45, 7) is 8.15. The van der Waals surface area contributed by atoms with Gasteiger partial charge in [-0.05, 0) is 102 Å². The normalized spacial score (nSPS) is 21.0. The largest absolute Gasteiger partial charge is 0.495 e. The van der Waals surface area contributed by atoms with Crippen molar-refractivity contribution in [1.82, 2.24) is 5.32 Å². The topological polar surface area (TPSA) is 83.5 Å². The van der Waals surface area contributed by atoms with Crippen LogP contribution in [0.5, 0.6) is 11.5 Å². The lowest BCUT2D eigenvalue weighted by atomic mass is 9.79. The Morgan fingerprint density at radius 1 is 0.844 bits per heavy atom. The highest BCUT2D eigenvalue weighted by Gasteiger charge is 2.47. The van der Waals surface area contributed by atoms with Crippen LogP contribution in [0.1, 0.15) is 103 Å². The molecule has 2 saturated heterocycles. The average molecular weight is 854 g/mol. The fourth-order valence-corrected chi connectivity index (χ4v) is 10.7. The monoisotopic (exact) mass is 853 g/mol. The SMILES string of the molecule is CCCCCCc1ccc(C(=O)OC2CNCCN2c2cc3c4c(c5c(c3cc2OC)OC(c2ccccc2)(c2ccc(N3CCCC3)cc2)C=C5)C(O)(CC)c2ccccc2-4)cc1. The van der Waals surface area contributed by atoms with E-state index in [9.17, 15) is 9.90 Å². The van der Waals surface area contributed by atoms with Gasteiger partial charge in [0.25, 0.3) is 0 Å². The lowest BCUT2D eigenvalue weighted by Gasteiger charge is -2.39. The number of rotatable bonds is 13. The first-order chi connectivity index (χ1) is 31.4. The van der Waals surface area contributed by atoms with Crippen molar-refractivity contribution >= 4 is 34.2 Å². The molecule has 8 nitrogen and oxygen atoms in total. The Hall–Kier alpha value is -6.09. The number of nitrogens with zero attached hydrogens (tertiary/aromatic N) is 2. The smallest absolute Gasteiger partial charge is 0.340 e. The average Bonchev–Trinajstić information content (AvgIpc) is 3.99. The molecule has 8 heteroatoms. The summed E-state index contributed by atoms with van der Waals surface area (Å²) in [5, 5.41) is 18.2. The number of esters is 1. The third-order valence-corrected chi connectivity index (χ3v) is 14.1. The molecule has 10 rings (SSSR count). The van der Waals surface area contributed by atoms with Crippen LogP contribution in [0.15, 0.2) is 121 Å². The van der Waals surface area contributed by atoms with E-state index in [1.165, 1.54) is 43.4 Å². The molecule has 3 heterocycles. The van der Waals surface area contributed by atoms with E-state index in [0.717, 1.165) is 81.3 Å². The molecule has 0 spiro atoms. The molecule has 6 aromatic carbocycles. The van der Waals surface area contributed by atoms with Crippen molar-refractivity contribution in [1.29, 1.82) is 0 Å². The first-order valence-electron chi connectivity index (χ1n) is 23.5. The van der Waals surface area contributed by atoms with Gasteiger partial charge >= 0.3 is 5.97 Å². The molecule has 4 aliphatic rings. The third-order valence-electron chi connectivity index (χ3n) is 14.1. The molecule has 0 saturated carbocycles. The number of aryl methyl sites for hydroxylation is 1. The van der Waals surface area contributed by atoms with E-state index in [4.69, 9.17) is 14.2 Å². The van der Waals surface area contributed by atoms with Crippen molar-refractivity contribution in [3.05, 3.63) is 160 Å². The van der Waals surface area contributed by atoms with Crippen molar-refractivity contribution in [3.8, 4) is 22.6 Å². The van der Waals surface area contributed by atoms with Gasteiger partial charge in [0.15, 0.2) is 11.8 Å². The second kappa shape index (κ2) is 17.5. The number of carbonyl (C=O) groups excluding carboxylic acids is 1. The summed E-state index contributed by atoms with van der Waals surface area (Å²) in [4.78, 5) is 18.4. The molecule has 6 aromatic rings. The van der Waals surface area contributed by atoms with Crippen LogP contribution in [0.4, 0.5) is 11.4 Å². The Kier molecular flexibility index (Phi) is 11.4. The highest BCUT2D eigenvalue weighted by atomic mass is 16.6. The summed E-state index contributed by atoms with van der Waals surface area (Å²) in [7, 11) is 1.69. The molecule has 0 bridgehead atoms. The van der Waals surface area contributed by atoms with Crippen molar-refractivity contribution < 1.29 is 24.1 Å². The second-order valence-electron chi connectivity index (χ2n) is 17.9. The van der Waals surface area contributed by atoms with E-state index in [2.05, 4.69) is 119 Å². The molecular weight excluding hydrogens is 795 g/mol. The van der Waals surface area contributed by atoms with Crippen LogP contribution < -0.4 is 24.6 Å². The van der Waals surface area contributed by atoms with E-state index in [0.29, 0.717) is 43.1 Å². The predicted molar refractivity (Wildman–Crippen MR) is 258 cm³/mol. The van der Waals surface area contributed by atoms with Gasteiger partial charge in [-0.15, -0.1) is 0 Å². The van der Waals surface area contributed by atoms with Crippen LogP contribution in [0.25, 0.3) is 28.0 Å². The number of hydrogen-bond acceptors (Lipinski definition) is 8. The number of hydrogen-bond donors (Lipinski definition) is 2. The molecule has 2 N–H and O–H groups in total. The van der Waals surface area contributed by atoms with Crippen LogP contribution in [-0.2, 0) is 22.4 Å². The lowest BCUT2D eigenvalue weighted by molar-refractivity contribution is 0.0266. The maximum atomic E-state index is 13.8. The Morgan fingerprint density at radius 2 is 1.59 bits per heavy atom. The summed E-state index contributed by atoms with van der Waals surface area (Å²) in [6.07, 6.45) is 12.5. The summed E-state index contributed by atoms with van der Waals surface area (Å²) in [5.41, 5.74) is 8.14. The minimum Gasteiger partial charge on any atom is -0.495 e. The molecular formula is C56H59N3O5. The van der Waals surface area contributed by atoms with Gasteiger partial charge in [-0.1, -0.05) is 118 Å². The van der Waals surface area contributed by atoms with Crippen LogP contribution in [0.3, 0.4) is 0 Å². The fourth-order valence-electron chi connectivity index (χ4n) is 10.7. The zero-order valence-corrected chi connectivity index (χ0v) is 37.4. The van der Waals surface area contributed by atoms with Gasteiger partial charge < -0.3 is 34.4 Å². The second-order valence-corrected chi connectivity index (χ2v) is 17.9. The number of benzene rings is 6. The molecule has 0 radical (unpaired) electrons. The van der Waals surface area contributed by atoms with Crippen LogP contribution >= 0.6 is 0 Å². The summed E-state index contributed by atoms with van der Waals surface area (Å²) < 4.78 is 20.3. The number of aliphatic hydroxyl groups is 1. The maximum Gasteiger partial charge on any atom is 0.340 e. The first kappa shape index (κ1) is 41.9. The number of carbonyl (C=O) groups is 1. The first-order valence-corrected chi connectivity index (χ1v) is 23.5. The molecule has 3 aliphatic heterocycles. The van der Waals surface area contributed by atoms with E-state index in [-0.39, 0.29) is 5.97 Å². The van der Waals surface area contributed by atoms with Crippen LogP contribution in [-0.4, -0.2) is 57.1 Å². The van der Waals surface area contributed by atoms with E-state index in [1.807, 2.05) is 37.3 Å². The maximum absolute atomic E-state index is 13.8. The zero-order chi connectivity index (χ0) is 43.8. The highest BCUT2D eigenvalue weighted by molar-refractivity contribution is 6.10. The van der Waals surface area contributed by atoms with Crippen molar-refractivity contribution in [2.24, 2.45) is 0 Å². The van der Waals surface area contributed by atoms with Gasteiger partial charge in [0.2, 0.25) is 0 Å². The molecule has 0 amide bonds. The number of fused-ring (bicyclic) bond motifs is 8. The molecule has 3 unspecified atom stereocenters. The molecule has 328 valence electrons. The van der Waals surface area contributed by atoms with Crippen molar-refractivity contribution in [2.75, 3.05) is 49.6 Å². The lowest BCUT2D eigenvalue weighted by Crippen LogP contribution is -2.53. The minimum atomic E-state index is -1.26. The van der Waals surface area contributed by atoms with Gasteiger partial charge in [-0.25, -0.2) is 4.79 Å². The molecule has 64 heavy (non-hydrogen) atoms. The summed E-state index contributed by atoms with van der Waals surface area (Å²) in [5.74, 6) is 0.963. The Balaban J connectivity index is 1.10. The van der Waals surface area contributed by atoms with Gasteiger partial charge in [0, 0.05) is 59.5 Å². The molecule has 0 aromatic heterocycles. The minimum absolute atomic E-state index is 0.362. The van der Waals surface area contributed by atoms with E-state index in [1.54, 1.807) is 7.11 Å². The Bertz CT molecular complexity index is 2690. The Labute approximate surface area is 377 Å². The number of nitrogens with one attached hydrogen (secondary N) is 1. The number of unbranched alkanes of at least 4 members (excludes halogenated alkanes) is 3. The predicted octanol–water partition coefficient (Wildman–Crippen LogP) is 11.1. The third kappa shape index (κ3) is 7.21. The summed E-state index contributed by atoms with van der Waals surface area (Å²) in [6, 6.07) is 39.6. The van der Waals surface area contributed by atoms with Crippen molar-refractivity contribution in [3.63, 3.8) is 0 Å². The van der Waals surface area contributed by atoms with Gasteiger partial charge in [0.05, 0.1) is 24.9 Å². The number of anilines is 2. The van der Waals surface area contributed by atoms with Crippen molar-refractivity contribution in [2.45, 2.75) is 82.6 Å². The highest BCUT2D eigenvalue weighted by Crippen LogP contribution is 2.59. The molecule has 2 fully saturated rings. The standard InChI is InChI=1S/C56H59N3O5/c1-4-6-7-9-16-38-21-23-39(24-22-38)54(60)63-50-37-57-31-34-59(50)48-35-45-46(36-49(48)62-3)53-44(52-51(45)43-19-12-13-20-47(43)55(52,61)5-2)29-30-56(64-53,40-17-10-8-11-18-40)41-25-27-42(28-26-41)58-32-14-15-33-58/h8,10-13,17-30,35-36,50,57,61H,4-7,9,14-16,31-34,37H2,1-3H3. The Morgan fingerprint density at radius 3 is 2.34 bits per heavy atom. The number of ether oxygens (including phenoxy) is 3. The summed E-state index contributed by atoms with van der Waals surface area (Å²) >= 11 is 0. The van der Waals surface area contributed by atoms with Crippen LogP contribution in [0, 0.1) is 0 Å². The van der Waals surface area contributed by atoms with Crippen LogP contribution in [0.2, 0.25) is 0 Å². The fraction of sp³-hybridized carbons (Fsp3) is 0.339. The van der Waals surface area contributed by atoms with Gasteiger partial charge in [-0.3, -0.25) is 0 Å². The quantitative estimate of drug-likeness (QED) is 0.0878. The van der Waals surface area contributed by atoms with E-state index >= 15 is 0 Å². The molecule has 3 atom stereocenters. The van der Waals surface area contributed by atoms with E-state index < -0.39 is 17.4 Å². The van der Waals surface area contributed by atoms with Gasteiger partial charge in [0.1, 0.15) is 17.1 Å².